The van der Waals surface area contributed by atoms with Crippen LogP contribution in [0.2, 0.25) is 0 Å². The molecular formula is C21H42. The van der Waals surface area contributed by atoms with Gasteiger partial charge in [-0.15, -0.1) is 0 Å². The van der Waals surface area contributed by atoms with Crippen molar-refractivity contribution < 1.29 is 0 Å². The Hall–Kier alpha value is 0. The summed E-state index contributed by atoms with van der Waals surface area (Å²) >= 11 is 0. The number of hydrogen-bond donors (Lipinski definition) is 0. The van der Waals surface area contributed by atoms with E-state index < -0.39 is 0 Å². The Morgan fingerprint density at radius 1 is 1.05 bits per heavy atom. The van der Waals surface area contributed by atoms with E-state index in [9.17, 15) is 0 Å². The SMILES string of the molecule is CCCC(C)(CC)C(C)C(CC)C(CC)CC1CCC1C. The van der Waals surface area contributed by atoms with Gasteiger partial charge >= 0.3 is 0 Å². The molecule has 0 nitrogen and oxygen atoms in total. The maximum atomic E-state index is 2.57. The van der Waals surface area contributed by atoms with Crippen LogP contribution in [0.25, 0.3) is 0 Å². The van der Waals surface area contributed by atoms with E-state index in [2.05, 4.69) is 48.5 Å². The summed E-state index contributed by atoms with van der Waals surface area (Å²) in [5, 5.41) is 0. The van der Waals surface area contributed by atoms with Crippen molar-refractivity contribution in [2.45, 2.75) is 99.8 Å². The second-order valence-corrected chi connectivity index (χ2v) is 8.34. The quantitative estimate of drug-likeness (QED) is 0.395. The van der Waals surface area contributed by atoms with Gasteiger partial charge in [0.25, 0.3) is 0 Å². The lowest BCUT2D eigenvalue weighted by Gasteiger charge is -2.45. The zero-order chi connectivity index (χ0) is 16.0. The monoisotopic (exact) mass is 294 g/mol. The normalized spacial score (nSPS) is 29.3. The summed E-state index contributed by atoms with van der Waals surface area (Å²) in [5.74, 6) is 4.79. The molecule has 0 heterocycles. The van der Waals surface area contributed by atoms with Crippen molar-refractivity contribution in [3.63, 3.8) is 0 Å². The molecule has 0 saturated heterocycles. The van der Waals surface area contributed by atoms with Crippen LogP contribution in [0.1, 0.15) is 99.8 Å². The zero-order valence-electron chi connectivity index (χ0n) is 16.0. The molecule has 0 aromatic carbocycles. The van der Waals surface area contributed by atoms with Gasteiger partial charge in [0.15, 0.2) is 0 Å². The molecule has 0 heteroatoms. The van der Waals surface area contributed by atoms with E-state index in [1.165, 1.54) is 51.4 Å². The lowest BCUT2D eigenvalue weighted by atomic mass is 9.60. The van der Waals surface area contributed by atoms with E-state index in [1.54, 1.807) is 0 Å². The molecule has 0 amide bonds. The Balaban J connectivity index is 2.76. The lowest BCUT2D eigenvalue weighted by molar-refractivity contribution is 0.0495. The molecule has 0 aromatic rings. The third-order valence-corrected chi connectivity index (χ3v) is 7.37. The van der Waals surface area contributed by atoms with Crippen molar-refractivity contribution in [2.24, 2.45) is 35.0 Å². The Bertz CT molecular complexity index is 282. The maximum absolute atomic E-state index is 2.57. The molecule has 0 aromatic heterocycles. The number of rotatable bonds is 10. The molecule has 1 aliphatic rings. The summed E-state index contributed by atoms with van der Waals surface area (Å²) in [5.41, 5.74) is 0.550. The van der Waals surface area contributed by atoms with Crippen molar-refractivity contribution in [1.82, 2.24) is 0 Å². The zero-order valence-corrected chi connectivity index (χ0v) is 16.0. The van der Waals surface area contributed by atoms with Gasteiger partial charge in [-0.1, -0.05) is 80.6 Å². The lowest BCUT2D eigenvalue weighted by Crippen LogP contribution is -2.36. The van der Waals surface area contributed by atoms with Crippen LogP contribution in [0.5, 0.6) is 0 Å². The van der Waals surface area contributed by atoms with Crippen molar-refractivity contribution in [1.29, 1.82) is 0 Å². The first-order valence-corrected chi connectivity index (χ1v) is 9.93. The minimum Gasteiger partial charge on any atom is -0.0654 e. The number of hydrogen-bond acceptors (Lipinski definition) is 0. The second kappa shape index (κ2) is 8.59. The van der Waals surface area contributed by atoms with Crippen LogP contribution in [0.3, 0.4) is 0 Å². The van der Waals surface area contributed by atoms with E-state index in [1.807, 2.05) is 0 Å². The van der Waals surface area contributed by atoms with E-state index in [-0.39, 0.29) is 0 Å². The third kappa shape index (κ3) is 4.49. The first-order chi connectivity index (χ1) is 9.93. The summed E-state index contributed by atoms with van der Waals surface area (Å²) in [6.45, 7) is 17.2. The predicted molar refractivity (Wildman–Crippen MR) is 96.5 cm³/mol. The van der Waals surface area contributed by atoms with E-state index in [4.69, 9.17) is 0 Å². The Labute approximate surface area is 135 Å². The van der Waals surface area contributed by atoms with Crippen molar-refractivity contribution >= 4 is 0 Å². The first kappa shape index (κ1) is 19.0. The van der Waals surface area contributed by atoms with Crippen LogP contribution in [0, 0.1) is 35.0 Å². The maximum Gasteiger partial charge on any atom is -0.0300 e. The fourth-order valence-electron chi connectivity index (χ4n) is 5.03. The largest absolute Gasteiger partial charge is 0.0654 e. The minimum atomic E-state index is 0.550. The molecule has 1 fully saturated rings. The van der Waals surface area contributed by atoms with Gasteiger partial charge in [-0.2, -0.15) is 0 Å². The summed E-state index contributed by atoms with van der Waals surface area (Å²) in [7, 11) is 0. The van der Waals surface area contributed by atoms with E-state index >= 15 is 0 Å². The Morgan fingerprint density at radius 2 is 1.71 bits per heavy atom. The van der Waals surface area contributed by atoms with E-state index in [0.717, 1.165) is 29.6 Å². The highest BCUT2D eigenvalue weighted by atomic mass is 14.4. The van der Waals surface area contributed by atoms with Crippen molar-refractivity contribution in [3.8, 4) is 0 Å². The molecule has 0 spiro atoms. The highest BCUT2D eigenvalue weighted by Gasteiger charge is 2.38. The van der Waals surface area contributed by atoms with Gasteiger partial charge in [-0.25, -0.2) is 0 Å². The van der Waals surface area contributed by atoms with Gasteiger partial charge in [-0.3, -0.25) is 0 Å². The van der Waals surface area contributed by atoms with Crippen molar-refractivity contribution in [3.05, 3.63) is 0 Å². The molecule has 1 aliphatic carbocycles. The molecule has 6 atom stereocenters. The van der Waals surface area contributed by atoms with Gasteiger partial charge in [0.05, 0.1) is 0 Å². The smallest absolute Gasteiger partial charge is 0.0300 e. The topological polar surface area (TPSA) is 0 Å². The summed E-state index contributed by atoms with van der Waals surface area (Å²) in [6, 6.07) is 0. The average Bonchev–Trinajstić information content (AvgIpc) is 2.49. The summed E-state index contributed by atoms with van der Waals surface area (Å²) < 4.78 is 0. The Kier molecular flexibility index (Phi) is 7.79. The molecule has 1 rings (SSSR count). The standard InChI is InChI=1S/C21H42/c1-8-14-21(7,11-4)17(6)20(10-3)18(9-2)15-19-13-12-16(19)5/h16-20H,8-15H2,1-7H3. The van der Waals surface area contributed by atoms with Crippen molar-refractivity contribution in [2.75, 3.05) is 0 Å². The fourth-order valence-corrected chi connectivity index (χ4v) is 5.03. The second-order valence-electron chi connectivity index (χ2n) is 8.34. The van der Waals surface area contributed by atoms with Crippen LogP contribution >= 0.6 is 0 Å². The first-order valence-electron chi connectivity index (χ1n) is 9.93. The molecule has 21 heavy (non-hydrogen) atoms. The molecule has 0 radical (unpaired) electrons. The van der Waals surface area contributed by atoms with Crippen LogP contribution in [-0.4, -0.2) is 0 Å². The predicted octanol–water partition coefficient (Wildman–Crippen LogP) is 7.33. The van der Waals surface area contributed by atoms with E-state index in [0.29, 0.717) is 5.41 Å². The van der Waals surface area contributed by atoms with Gasteiger partial charge in [0, 0.05) is 0 Å². The van der Waals surface area contributed by atoms with Gasteiger partial charge in [0.2, 0.25) is 0 Å². The van der Waals surface area contributed by atoms with Crippen LogP contribution < -0.4 is 0 Å². The third-order valence-electron chi connectivity index (χ3n) is 7.37. The van der Waals surface area contributed by atoms with Crippen LogP contribution in [0.4, 0.5) is 0 Å². The molecule has 0 bridgehead atoms. The fraction of sp³-hybridized carbons (Fsp3) is 1.00. The van der Waals surface area contributed by atoms with Crippen LogP contribution in [-0.2, 0) is 0 Å². The molecule has 1 saturated carbocycles. The van der Waals surface area contributed by atoms with Gasteiger partial charge in [-0.05, 0) is 54.3 Å². The Morgan fingerprint density at radius 3 is 2.05 bits per heavy atom. The molecule has 6 unspecified atom stereocenters. The van der Waals surface area contributed by atoms with Gasteiger partial charge in [0.1, 0.15) is 0 Å². The van der Waals surface area contributed by atoms with Gasteiger partial charge < -0.3 is 0 Å². The highest BCUT2D eigenvalue weighted by molar-refractivity contribution is 4.88. The highest BCUT2D eigenvalue weighted by Crippen LogP contribution is 2.47. The minimum absolute atomic E-state index is 0.550. The summed E-state index contributed by atoms with van der Waals surface area (Å²) in [4.78, 5) is 0. The molecule has 126 valence electrons. The molecule has 0 N–H and O–H groups in total. The molecular weight excluding hydrogens is 252 g/mol. The molecule has 0 aliphatic heterocycles. The summed E-state index contributed by atoms with van der Waals surface area (Å²) in [6.07, 6.45) is 11.3. The van der Waals surface area contributed by atoms with Crippen LogP contribution in [0.15, 0.2) is 0 Å². The average molecular weight is 295 g/mol.